The molecule has 1 saturated heterocycles. The zero-order valence-corrected chi connectivity index (χ0v) is 19.6. The number of benzene rings is 2. The maximum absolute atomic E-state index is 14.3. The van der Waals surface area contributed by atoms with Crippen LogP contribution in [0.5, 0.6) is 0 Å². The van der Waals surface area contributed by atoms with Gasteiger partial charge < -0.3 is 9.64 Å². The highest BCUT2D eigenvalue weighted by atomic mass is 19.1. The number of nitrogens with zero attached hydrogens (tertiary/aromatic N) is 2. The highest BCUT2D eigenvalue weighted by molar-refractivity contribution is 5.96. The molecule has 34 heavy (non-hydrogen) atoms. The lowest BCUT2D eigenvalue weighted by Crippen LogP contribution is -2.44. The van der Waals surface area contributed by atoms with Gasteiger partial charge in [0.2, 0.25) is 5.91 Å². The molecule has 4 rings (SSSR count). The predicted molar refractivity (Wildman–Crippen MR) is 127 cm³/mol. The molecule has 2 aromatic rings. The first kappa shape index (κ1) is 24.3. The fourth-order valence-corrected chi connectivity index (χ4v) is 5.15. The second-order valence-electron chi connectivity index (χ2n) is 9.34. The van der Waals surface area contributed by atoms with Crippen LogP contribution in [0.15, 0.2) is 42.5 Å². The molecule has 1 unspecified atom stereocenters. The molecule has 1 amide bonds. The molecule has 0 spiro atoms. The van der Waals surface area contributed by atoms with Crippen molar-refractivity contribution in [2.45, 2.75) is 44.9 Å². The first-order chi connectivity index (χ1) is 16.4. The summed E-state index contributed by atoms with van der Waals surface area (Å²) in [6.45, 7) is 4.34. The van der Waals surface area contributed by atoms with Gasteiger partial charge in [0.15, 0.2) is 0 Å². The van der Waals surface area contributed by atoms with Crippen LogP contribution in [-0.2, 0) is 14.3 Å². The number of halogens is 2. The monoisotopic (exact) mass is 470 g/mol. The molecule has 2 aromatic carbocycles. The normalized spacial score (nSPS) is 19.4. The summed E-state index contributed by atoms with van der Waals surface area (Å²) in [5.41, 5.74) is 2.50. The van der Waals surface area contributed by atoms with Crippen molar-refractivity contribution in [1.29, 1.82) is 0 Å². The molecule has 1 atom stereocenters. The lowest BCUT2D eigenvalue weighted by atomic mass is 9.87. The van der Waals surface area contributed by atoms with Crippen LogP contribution in [0.1, 0.15) is 56.1 Å². The Morgan fingerprint density at radius 2 is 1.68 bits per heavy atom. The minimum absolute atomic E-state index is 0.0121. The zero-order valence-electron chi connectivity index (χ0n) is 19.6. The Morgan fingerprint density at radius 1 is 0.971 bits per heavy atom. The average Bonchev–Trinajstić information content (AvgIpc) is 3.00. The largest absolute Gasteiger partial charge is 0.466 e. The number of hydrogen-bond acceptors (Lipinski definition) is 4. The smallest absolute Gasteiger partial charge is 0.302 e. The van der Waals surface area contributed by atoms with Crippen LogP contribution in [0.3, 0.4) is 0 Å². The topological polar surface area (TPSA) is 49.9 Å². The molecule has 0 aromatic heterocycles. The molecule has 0 N–H and O–H groups in total. The first-order valence-electron chi connectivity index (χ1n) is 12.1. The number of hydrogen-bond donors (Lipinski definition) is 0. The fourth-order valence-electron chi connectivity index (χ4n) is 5.15. The van der Waals surface area contributed by atoms with Gasteiger partial charge in [-0.15, -0.1) is 0 Å². The number of ether oxygens (including phenoxy) is 1. The van der Waals surface area contributed by atoms with Crippen LogP contribution in [-0.4, -0.2) is 49.6 Å². The third-order valence-corrected chi connectivity index (χ3v) is 7.00. The number of rotatable bonds is 6. The third kappa shape index (κ3) is 6.00. The van der Waals surface area contributed by atoms with Gasteiger partial charge in [0.05, 0.1) is 18.8 Å². The molecule has 0 bridgehead atoms. The Hall–Kier alpha value is -2.80. The summed E-state index contributed by atoms with van der Waals surface area (Å²) in [6, 6.07) is 11.1. The maximum atomic E-state index is 14.3. The van der Waals surface area contributed by atoms with E-state index in [9.17, 15) is 18.4 Å². The molecular weight excluding hydrogens is 438 g/mol. The van der Waals surface area contributed by atoms with Crippen LogP contribution in [0, 0.1) is 17.6 Å². The van der Waals surface area contributed by atoms with Gasteiger partial charge >= 0.3 is 5.97 Å². The predicted octanol–water partition coefficient (Wildman–Crippen LogP) is 4.89. The van der Waals surface area contributed by atoms with E-state index < -0.39 is 0 Å². The number of likely N-dealkylation sites (tertiary alicyclic amines) is 1. The highest BCUT2D eigenvalue weighted by Gasteiger charge is 2.29. The number of amides is 1. The van der Waals surface area contributed by atoms with Gasteiger partial charge in [0.25, 0.3) is 0 Å². The van der Waals surface area contributed by atoms with E-state index in [1.54, 1.807) is 23.1 Å². The number of fused-ring (bicyclic) bond motifs is 1. The van der Waals surface area contributed by atoms with Crippen molar-refractivity contribution >= 4 is 17.6 Å². The molecule has 182 valence electrons. The second kappa shape index (κ2) is 11.1. The van der Waals surface area contributed by atoms with E-state index in [1.165, 1.54) is 31.2 Å². The van der Waals surface area contributed by atoms with E-state index in [0.717, 1.165) is 56.3 Å². The molecular formula is C27H32F2N2O3. The number of carbonyl (C=O) groups excluding carboxylic acids is 2. The summed E-state index contributed by atoms with van der Waals surface area (Å²) >= 11 is 0. The lowest BCUT2D eigenvalue weighted by Gasteiger charge is -2.33. The van der Waals surface area contributed by atoms with Crippen LogP contribution < -0.4 is 4.90 Å². The SMILES string of the molecule is CC(=O)OCCC1CCN(CC(=O)N2CCCC(c3ccc(F)cc3)c3ccc(F)cc32)CC1. The van der Waals surface area contributed by atoms with Crippen molar-refractivity contribution in [3.05, 3.63) is 65.2 Å². The summed E-state index contributed by atoms with van der Waals surface area (Å²) in [5.74, 6) is -0.450. The summed E-state index contributed by atoms with van der Waals surface area (Å²) in [7, 11) is 0. The number of piperidine rings is 1. The Labute approximate surface area is 199 Å². The Balaban J connectivity index is 1.43. The molecule has 1 fully saturated rings. The van der Waals surface area contributed by atoms with E-state index in [0.29, 0.717) is 31.3 Å². The Morgan fingerprint density at radius 3 is 2.38 bits per heavy atom. The first-order valence-corrected chi connectivity index (χ1v) is 12.1. The summed E-state index contributed by atoms with van der Waals surface area (Å²) in [4.78, 5) is 28.2. The van der Waals surface area contributed by atoms with Crippen LogP contribution >= 0.6 is 0 Å². The Kier molecular flexibility index (Phi) is 7.93. The maximum Gasteiger partial charge on any atom is 0.302 e. The van der Waals surface area contributed by atoms with Crippen LogP contribution in [0.4, 0.5) is 14.5 Å². The summed E-state index contributed by atoms with van der Waals surface area (Å²) < 4.78 is 32.8. The molecule has 5 nitrogen and oxygen atoms in total. The fraction of sp³-hybridized carbons (Fsp3) is 0.481. The molecule has 2 aliphatic rings. The highest BCUT2D eigenvalue weighted by Crippen LogP contribution is 2.39. The van der Waals surface area contributed by atoms with E-state index in [-0.39, 0.29) is 29.4 Å². The van der Waals surface area contributed by atoms with Gasteiger partial charge in [-0.05, 0) is 86.5 Å². The van der Waals surface area contributed by atoms with Gasteiger partial charge in [0.1, 0.15) is 11.6 Å². The zero-order chi connectivity index (χ0) is 24.1. The molecule has 2 heterocycles. The molecule has 0 saturated carbocycles. The minimum atomic E-state index is -0.370. The average molecular weight is 471 g/mol. The van der Waals surface area contributed by atoms with Crippen molar-refractivity contribution in [2.75, 3.05) is 37.7 Å². The number of esters is 1. The van der Waals surface area contributed by atoms with Crippen molar-refractivity contribution in [1.82, 2.24) is 4.90 Å². The van der Waals surface area contributed by atoms with E-state index >= 15 is 0 Å². The molecule has 2 aliphatic heterocycles. The van der Waals surface area contributed by atoms with Crippen LogP contribution in [0.2, 0.25) is 0 Å². The van der Waals surface area contributed by atoms with Gasteiger partial charge in [-0.1, -0.05) is 18.2 Å². The van der Waals surface area contributed by atoms with Crippen molar-refractivity contribution < 1.29 is 23.1 Å². The third-order valence-electron chi connectivity index (χ3n) is 7.00. The number of carbonyl (C=O) groups is 2. The second-order valence-corrected chi connectivity index (χ2v) is 9.34. The van der Waals surface area contributed by atoms with Gasteiger partial charge in [0, 0.05) is 19.4 Å². The standard InChI is InChI=1S/C27H32F2N2O3/c1-19(32)34-16-12-20-10-14-30(15-11-20)18-27(33)31-13-2-3-24(21-4-6-22(28)7-5-21)25-9-8-23(29)17-26(25)31/h4-9,17,20,24H,2-3,10-16,18H2,1H3. The van der Waals surface area contributed by atoms with Gasteiger partial charge in [-0.2, -0.15) is 0 Å². The number of anilines is 1. The Bertz CT molecular complexity index is 1000. The molecule has 0 aliphatic carbocycles. The minimum Gasteiger partial charge on any atom is -0.466 e. The van der Waals surface area contributed by atoms with E-state index in [1.807, 2.05) is 0 Å². The lowest BCUT2D eigenvalue weighted by molar-refractivity contribution is -0.141. The van der Waals surface area contributed by atoms with Crippen molar-refractivity contribution in [3.8, 4) is 0 Å². The molecule has 7 heteroatoms. The summed E-state index contributed by atoms with van der Waals surface area (Å²) in [5, 5.41) is 0. The molecule has 0 radical (unpaired) electrons. The quantitative estimate of drug-likeness (QED) is 0.564. The van der Waals surface area contributed by atoms with Gasteiger partial charge in [-0.25, -0.2) is 8.78 Å². The van der Waals surface area contributed by atoms with E-state index in [4.69, 9.17) is 4.74 Å². The van der Waals surface area contributed by atoms with Crippen molar-refractivity contribution in [3.63, 3.8) is 0 Å². The van der Waals surface area contributed by atoms with Gasteiger partial charge in [-0.3, -0.25) is 14.5 Å². The van der Waals surface area contributed by atoms with Crippen molar-refractivity contribution in [2.24, 2.45) is 5.92 Å². The van der Waals surface area contributed by atoms with E-state index in [2.05, 4.69) is 4.90 Å². The van der Waals surface area contributed by atoms with Crippen LogP contribution in [0.25, 0.3) is 0 Å². The summed E-state index contributed by atoms with van der Waals surface area (Å²) in [6.07, 6.45) is 4.37.